The molecule has 2 aliphatic heterocycles. The Labute approximate surface area is 211 Å². The fraction of sp³-hybridized carbons (Fsp3) is 0.333. The second kappa shape index (κ2) is 12.2. The summed E-state index contributed by atoms with van der Waals surface area (Å²) < 4.78 is 0. The maximum Gasteiger partial charge on any atom is 0.131 e. The molecule has 2 aliphatic rings. The SMILES string of the molecule is C#CC1C=C(C(=C)c2cc(C(/C=C\C(=C/C)N3CCN(C)CC3)=C/C)cnc2C)C=CN1/N=C\C. The van der Waals surface area contributed by atoms with Gasteiger partial charge in [-0.15, -0.1) is 6.42 Å². The molecule has 0 aliphatic carbocycles. The first-order valence-corrected chi connectivity index (χ1v) is 12.2. The summed E-state index contributed by atoms with van der Waals surface area (Å²) in [5.41, 5.74) is 7.27. The van der Waals surface area contributed by atoms with Gasteiger partial charge in [-0.25, -0.2) is 0 Å². The largest absolute Gasteiger partial charge is 0.369 e. The number of hydrogen-bond acceptors (Lipinski definition) is 5. The fourth-order valence-corrected chi connectivity index (χ4v) is 4.26. The Morgan fingerprint density at radius 1 is 1.17 bits per heavy atom. The first kappa shape index (κ1) is 26.0. The van der Waals surface area contributed by atoms with Crippen LogP contribution < -0.4 is 0 Å². The first-order valence-electron chi connectivity index (χ1n) is 12.2. The number of aromatic nitrogens is 1. The van der Waals surface area contributed by atoms with Crippen LogP contribution in [0.2, 0.25) is 0 Å². The Kier molecular flexibility index (Phi) is 9.05. The highest BCUT2D eigenvalue weighted by Crippen LogP contribution is 2.30. The summed E-state index contributed by atoms with van der Waals surface area (Å²) >= 11 is 0. The number of likely N-dealkylation sites (N-methyl/N-ethyl adjacent to an activating group) is 1. The van der Waals surface area contributed by atoms with Crippen molar-refractivity contribution in [1.29, 1.82) is 0 Å². The summed E-state index contributed by atoms with van der Waals surface area (Å²) in [7, 11) is 2.18. The van der Waals surface area contributed by atoms with Gasteiger partial charge in [0.15, 0.2) is 0 Å². The van der Waals surface area contributed by atoms with Crippen LogP contribution in [0.5, 0.6) is 0 Å². The van der Waals surface area contributed by atoms with Crippen molar-refractivity contribution < 1.29 is 0 Å². The highest BCUT2D eigenvalue weighted by molar-refractivity contribution is 5.84. The van der Waals surface area contributed by atoms with Crippen molar-refractivity contribution in [3.05, 3.63) is 89.6 Å². The minimum absolute atomic E-state index is 0.248. The number of hydrazone groups is 1. The molecule has 1 aromatic heterocycles. The summed E-state index contributed by atoms with van der Waals surface area (Å²) in [5, 5.41) is 6.08. The third kappa shape index (κ3) is 6.29. The van der Waals surface area contributed by atoms with Crippen LogP contribution in [0, 0.1) is 19.3 Å². The molecule has 3 heterocycles. The minimum atomic E-state index is -0.248. The fourth-order valence-electron chi connectivity index (χ4n) is 4.26. The lowest BCUT2D eigenvalue weighted by Gasteiger charge is -2.34. The lowest BCUT2D eigenvalue weighted by atomic mass is 9.93. The quantitative estimate of drug-likeness (QED) is 0.311. The average Bonchev–Trinajstić information content (AvgIpc) is 2.88. The molecule has 0 N–H and O–H groups in total. The van der Waals surface area contributed by atoms with E-state index in [1.165, 1.54) is 5.70 Å². The average molecular weight is 468 g/mol. The molecule has 0 saturated carbocycles. The Hall–Kier alpha value is -3.62. The van der Waals surface area contributed by atoms with E-state index >= 15 is 0 Å². The van der Waals surface area contributed by atoms with E-state index in [1.807, 2.05) is 38.4 Å². The summed E-state index contributed by atoms with van der Waals surface area (Å²) in [5.74, 6) is 2.79. The van der Waals surface area contributed by atoms with Crippen LogP contribution in [0.1, 0.15) is 37.6 Å². The molecule has 3 rings (SSSR count). The van der Waals surface area contributed by atoms with Crippen LogP contribution in [-0.4, -0.2) is 65.3 Å². The third-order valence-corrected chi connectivity index (χ3v) is 6.45. The molecule has 5 nitrogen and oxygen atoms in total. The summed E-state index contributed by atoms with van der Waals surface area (Å²) in [4.78, 5) is 9.52. The van der Waals surface area contributed by atoms with E-state index in [0.29, 0.717) is 0 Å². The normalized spacial score (nSPS) is 20.0. The molecule has 182 valence electrons. The Bertz CT molecular complexity index is 1150. The molecule has 5 heteroatoms. The van der Waals surface area contributed by atoms with E-state index < -0.39 is 0 Å². The molecule has 1 atom stereocenters. The predicted molar refractivity (Wildman–Crippen MR) is 149 cm³/mol. The third-order valence-electron chi connectivity index (χ3n) is 6.45. The summed E-state index contributed by atoms with van der Waals surface area (Å²) in [6, 6.07) is 1.92. The number of nitrogens with zero attached hydrogens (tertiary/aromatic N) is 5. The van der Waals surface area contributed by atoms with Gasteiger partial charge in [-0.1, -0.05) is 30.7 Å². The van der Waals surface area contributed by atoms with Crippen LogP contribution in [-0.2, 0) is 0 Å². The molecule has 1 unspecified atom stereocenters. The molecule has 1 aromatic rings. The molecule has 0 radical (unpaired) electrons. The van der Waals surface area contributed by atoms with Crippen molar-refractivity contribution in [2.24, 2.45) is 5.10 Å². The van der Waals surface area contributed by atoms with Crippen LogP contribution in [0.15, 0.2) is 77.9 Å². The van der Waals surface area contributed by atoms with E-state index in [-0.39, 0.29) is 6.04 Å². The molecule has 1 saturated heterocycles. The highest BCUT2D eigenvalue weighted by atomic mass is 15.5. The summed E-state index contributed by atoms with van der Waals surface area (Å²) in [6.45, 7) is 16.7. The molecule has 35 heavy (non-hydrogen) atoms. The van der Waals surface area contributed by atoms with Gasteiger partial charge < -0.3 is 9.80 Å². The zero-order chi connectivity index (χ0) is 25.4. The van der Waals surface area contributed by atoms with E-state index in [2.05, 4.69) is 78.7 Å². The van der Waals surface area contributed by atoms with Gasteiger partial charge in [0.2, 0.25) is 0 Å². The van der Waals surface area contributed by atoms with E-state index in [1.54, 1.807) is 11.2 Å². The van der Waals surface area contributed by atoms with E-state index in [0.717, 1.165) is 59.7 Å². The Morgan fingerprint density at radius 3 is 2.54 bits per heavy atom. The molecule has 0 aromatic carbocycles. The standard InChI is InChI=1S/C30H37N5/c1-8-25(12-13-28(9-2)34-18-16-33(7)17-19-34)27-21-30(24(6)31-22-27)23(5)26-14-15-35(32-11-4)29(10-3)20-26/h3,8-9,11-15,20-22,29H,5,16-19H2,1-2,4,6-7H3/b13-12-,25-8+,28-9+,32-11-. The zero-order valence-electron chi connectivity index (χ0n) is 21.7. The number of aryl methyl sites for hydroxylation is 1. The number of piperazine rings is 1. The lowest BCUT2D eigenvalue weighted by molar-refractivity contribution is 0.190. The topological polar surface area (TPSA) is 35.0 Å². The van der Waals surface area contributed by atoms with E-state index in [4.69, 9.17) is 11.4 Å². The van der Waals surface area contributed by atoms with Gasteiger partial charge in [-0.05, 0) is 75.8 Å². The van der Waals surface area contributed by atoms with Gasteiger partial charge in [0.25, 0.3) is 0 Å². The number of rotatable bonds is 7. The minimum Gasteiger partial charge on any atom is -0.369 e. The van der Waals surface area contributed by atoms with Crippen molar-refractivity contribution in [2.45, 2.75) is 33.7 Å². The van der Waals surface area contributed by atoms with Gasteiger partial charge in [0, 0.05) is 67.3 Å². The van der Waals surface area contributed by atoms with Crippen molar-refractivity contribution in [2.75, 3.05) is 33.2 Å². The van der Waals surface area contributed by atoms with Crippen molar-refractivity contribution in [1.82, 2.24) is 19.8 Å². The Morgan fingerprint density at radius 2 is 1.91 bits per heavy atom. The smallest absolute Gasteiger partial charge is 0.131 e. The zero-order valence-corrected chi connectivity index (χ0v) is 21.7. The highest BCUT2D eigenvalue weighted by Gasteiger charge is 2.18. The van der Waals surface area contributed by atoms with Gasteiger partial charge in [0.1, 0.15) is 6.04 Å². The van der Waals surface area contributed by atoms with Crippen LogP contribution in [0.25, 0.3) is 11.1 Å². The van der Waals surface area contributed by atoms with Gasteiger partial charge >= 0.3 is 0 Å². The van der Waals surface area contributed by atoms with Crippen molar-refractivity contribution in [3.63, 3.8) is 0 Å². The van der Waals surface area contributed by atoms with E-state index in [9.17, 15) is 0 Å². The van der Waals surface area contributed by atoms with Crippen LogP contribution >= 0.6 is 0 Å². The van der Waals surface area contributed by atoms with Gasteiger partial charge in [0.05, 0.1) is 0 Å². The van der Waals surface area contributed by atoms with Gasteiger partial charge in [-0.2, -0.15) is 5.10 Å². The maximum absolute atomic E-state index is 5.76. The van der Waals surface area contributed by atoms with Crippen molar-refractivity contribution in [3.8, 4) is 12.3 Å². The Balaban J connectivity index is 1.84. The molecule has 1 fully saturated rings. The monoisotopic (exact) mass is 467 g/mol. The molecular weight excluding hydrogens is 430 g/mol. The number of terminal acetylenes is 1. The molecule has 0 amide bonds. The van der Waals surface area contributed by atoms with Gasteiger partial charge in [-0.3, -0.25) is 9.99 Å². The number of pyridine rings is 1. The maximum atomic E-state index is 5.76. The van der Waals surface area contributed by atoms with Crippen molar-refractivity contribution >= 4 is 17.4 Å². The lowest BCUT2D eigenvalue weighted by Crippen LogP contribution is -2.43. The second-order valence-electron chi connectivity index (χ2n) is 8.72. The predicted octanol–water partition coefficient (Wildman–Crippen LogP) is 5.28. The number of allylic oxidation sites excluding steroid dienone is 8. The molecule has 0 bridgehead atoms. The number of hydrogen-bond donors (Lipinski definition) is 0. The summed E-state index contributed by atoms with van der Waals surface area (Å²) in [6.07, 6.45) is 24.0. The van der Waals surface area contributed by atoms with Crippen LogP contribution in [0.3, 0.4) is 0 Å². The first-order chi connectivity index (χ1) is 16.9. The molecular formula is C30H37N5. The second-order valence-corrected chi connectivity index (χ2v) is 8.72. The van der Waals surface area contributed by atoms with Crippen LogP contribution in [0.4, 0.5) is 0 Å². The molecule has 0 spiro atoms.